The van der Waals surface area contributed by atoms with E-state index in [0.717, 1.165) is 11.1 Å². The van der Waals surface area contributed by atoms with Gasteiger partial charge in [0.15, 0.2) is 0 Å². The minimum atomic E-state index is 0.612. The Bertz CT molecular complexity index is 507. The molecule has 1 aromatic heterocycles. The standard InChI is InChI=1S/C13H10N2/c1-10-2-4-11(5-3-10)13-6-7-15-9-12(13)8-14/h2-7,9H,1H3. The molecule has 1 heterocycles. The molecule has 0 unspecified atom stereocenters. The molecule has 2 nitrogen and oxygen atoms in total. The van der Waals surface area contributed by atoms with Crippen LogP contribution >= 0.6 is 0 Å². The lowest BCUT2D eigenvalue weighted by atomic mass is 10.0. The van der Waals surface area contributed by atoms with Crippen molar-refractivity contribution in [2.75, 3.05) is 0 Å². The second-order valence-electron chi connectivity index (χ2n) is 3.40. The molecule has 0 aliphatic carbocycles. The quantitative estimate of drug-likeness (QED) is 0.699. The first kappa shape index (κ1) is 9.42. The van der Waals surface area contributed by atoms with Gasteiger partial charge in [-0.25, -0.2) is 0 Å². The Morgan fingerprint density at radius 3 is 2.53 bits per heavy atom. The maximum atomic E-state index is 8.94. The summed E-state index contributed by atoms with van der Waals surface area (Å²) in [6.07, 6.45) is 3.30. The third-order valence-corrected chi connectivity index (χ3v) is 2.30. The molecule has 0 bridgehead atoms. The molecule has 0 spiro atoms. The molecular weight excluding hydrogens is 184 g/mol. The van der Waals surface area contributed by atoms with E-state index in [0.29, 0.717) is 5.56 Å². The number of hydrogen-bond acceptors (Lipinski definition) is 2. The molecule has 0 N–H and O–H groups in total. The Kier molecular flexibility index (Phi) is 2.47. The highest BCUT2D eigenvalue weighted by Gasteiger charge is 2.03. The van der Waals surface area contributed by atoms with E-state index in [9.17, 15) is 0 Å². The van der Waals surface area contributed by atoms with Gasteiger partial charge >= 0.3 is 0 Å². The van der Waals surface area contributed by atoms with Crippen molar-refractivity contribution in [2.45, 2.75) is 6.92 Å². The molecule has 0 saturated heterocycles. The Hall–Kier alpha value is -2.14. The average Bonchev–Trinajstić information content (AvgIpc) is 2.30. The van der Waals surface area contributed by atoms with E-state index in [-0.39, 0.29) is 0 Å². The van der Waals surface area contributed by atoms with E-state index in [1.165, 1.54) is 5.56 Å². The van der Waals surface area contributed by atoms with Crippen LogP contribution in [-0.4, -0.2) is 4.98 Å². The van der Waals surface area contributed by atoms with Gasteiger partial charge in [-0.3, -0.25) is 4.98 Å². The number of benzene rings is 1. The first-order valence-electron chi connectivity index (χ1n) is 4.72. The number of nitriles is 1. The number of rotatable bonds is 1. The summed E-state index contributed by atoms with van der Waals surface area (Å²) in [5, 5.41) is 8.94. The van der Waals surface area contributed by atoms with Crippen molar-refractivity contribution in [3.8, 4) is 17.2 Å². The summed E-state index contributed by atoms with van der Waals surface area (Å²) >= 11 is 0. The van der Waals surface area contributed by atoms with E-state index in [1.54, 1.807) is 12.4 Å². The van der Waals surface area contributed by atoms with Crippen LogP contribution in [-0.2, 0) is 0 Å². The van der Waals surface area contributed by atoms with Gasteiger partial charge in [-0.05, 0) is 18.6 Å². The predicted molar refractivity (Wildman–Crippen MR) is 59.1 cm³/mol. The van der Waals surface area contributed by atoms with Gasteiger partial charge in [0, 0.05) is 18.0 Å². The van der Waals surface area contributed by atoms with E-state index in [1.807, 2.05) is 37.3 Å². The Labute approximate surface area is 88.8 Å². The van der Waals surface area contributed by atoms with Crippen LogP contribution in [0.3, 0.4) is 0 Å². The summed E-state index contributed by atoms with van der Waals surface area (Å²) in [6.45, 7) is 2.04. The minimum absolute atomic E-state index is 0.612. The van der Waals surface area contributed by atoms with Gasteiger partial charge in [0.1, 0.15) is 6.07 Å². The Morgan fingerprint density at radius 1 is 1.13 bits per heavy atom. The third-order valence-electron chi connectivity index (χ3n) is 2.30. The number of pyridine rings is 1. The molecule has 0 amide bonds. The highest BCUT2D eigenvalue weighted by molar-refractivity contribution is 5.69. The highest BCUT2D eigenvalue weighted by Crippen LogP contribution is 2.22. The first-order valence-corrected chi connectivity index (χ1v) is 4.72. The minimum Gasteiger partial charge on any atom is -0.263 e. The molecule has 2 heteroatoms. The molecule has 15 heavy (non-hydrogen) atoms. The summed E-state index contributed by atoms with van der Waals surface area (Å²) < 4.78 is 0. The number of aromatic nitrogens is 1. The zero-order chi connectivity index (χ0) is 10.7. The first-order chi connectivity index (χ1) is 7.31. The SMILES string of the molecule is Cc1ccc(-c2ccncc2C#N)cc1. The van der Waals surface area contributed by atoms with Crippen molar-refractivity contribution in [1.29, 1.82) is 5.26 Å². The van der Waals surface area contributed by atoms with Gasteiger partial charge in [0.25, 0.3) is 0 Å². The molecule has 2 aromatic rings. The van der Waals surface area contributed by atoms with Gasteiger partial charge in [-0.1, -0.05) is 29.8 Å². The number of nitrogens with zero attached hydrogens (tertiary/aromatic N) is 2. The lowest BCUT2D eigenvalue weighted by molar-refractivity contribution is 1.30. The van der Waals surface area contributed by atoms with Crippen LogP contribution in [0.25, 0.3) is 11.1 Å². The zero-order valence-electron chi connectivity index (χ0n) is 8.44. The maximum Gasteiger partial charge on any atom is 0.101 e. The Morgan fingerprint density at radius 2 is 1.87 bits per heavy atom. The summed E-state index contributed by atoms with van der Waals surface area (Å²) in [5.74, 6) is 0. The summed E-state index contributed by atoms with van der Waals surface area (Å²) in [5.41, 5.74) is 3.82. The third kappa shape index (κ3) is 1.87. The van der Waals surface area contributed by atoms with Crippen molar-refractivity contribution in [3.05, 3.63) is 53.9 Å². The molecule has 0 fully saturated rings. The van der Waals surface area contributed by atoms with Gasteiger partial charge < -0.3 is 0 Å². The molecular formula is C13H10N2. The van der Waals surface area contributed by atoms with Crippen molar-refractivity contribution < 1.29 is 0 Å². The van der Waals surface area contributed by atoms with Gasteiger partial charge in [0.2, 0.25) is 0 Å². The molecule has 0 atom stereocenters. The fraction of sp³-hybridized carbons (Fsp3) is 0.0769. The lowest BCUT2D eigenvalue weighted by Gasteiger charge is -2.03. The van der Waals surface area contributed by atoms with Gasteiger partial charge in [-0.2, -0.15) is 5.26 Å². The monoisotopic (exact) mass is 194 g/mol. The van der Waals surface area contributed by atoms with Gasteiger partial charge in [0.05, 0.1) is 5.56 Å². The van der Waals surface area contributed by atoms with Crippen LogP contribution in [0, 0.1) is 18.3 Å². The molecule has 0 saturated carbocycles. The average molecular weight is 194 g/mol. The van der Waals surface area contributed by atoms with Crippen LogP contribution in [0.1, 0.15) is 11.1 Å². The summed E-state index contributed by atoms with van der Waals surface area (Å²) in [4.78, 5) is 3.94. The van der Waals surface area contributed by atoms with Gasteiger partial charge in [-0.15, -0.1) is 0 Å². The smallest absolute Gasteiger partial charge is 0.101 e. The molecule has 0 radical (unpaired) electrons. The highest BCUT2D eigenvalue weighted by atomic mass is 14.6. The molecule has 2 rings (SSSR count). The lowest BCUT2D eigenvalue weighted by Crippen LogP contribution is -1.85. The van der Waals surface area contributed by atoms with Crippen LogP contribution in [0.4, 0.5) is 0 Å². The number of hydrogen-bond donors (Lipinski definition) is 0. The largest absolute Gasteiger partial charge is 0.263 e. The van der Waals surface area contributed by atoms with E-state index >= 15 is 0 Å². The van der Waals surface area contributed by atoms with E-state index in [4.69, 9.17) is 5.26 Å². The predicted octanol–water partition coefficient (Wildman–Crippen LogP) is 2.93. The van der Waals surface area contributed by atoms with Crippen molar-refractivity contribution >= 4 is 0 Å². The molecule has 72 valence electrons. The fourth-order valence-corrected chi connectivity index (χ4v) is 1.47. The maximum absolute atomic E-state index is 8.94. The molecule has 0 aliphatic rings. The Balaban J connectivity index is 2.55. The molecule has 1 aromatic carbocycles. The second kappa shape index (κ2) is 3.93. The van der Waals surface area contributed by atoms with Crippen molar-refractivity contribution in [1.82, 2.24) is 4.98 Å². The summed E-state index contributed by atoms with van der Waals surface area (Å²) in [7, 11) is 0. The normalized spacial score (nSPS) is 9.60. The summed E-state index contributed by atoms with van der Waals surface area (Å²) in [6, 6.07) is 12.1. The topological polar surface area (TPSA) is 36.7 Å². The zero-order valence-corrected chi connectivity index (χ0v) is 8.44. The van der Waals surface area contributed by atoms with E-state index < -0.39 is 0 Å². The van der Waals surface area contributed by atoms with Crippen molar-refractivity contribution in [3.63, 3.8) is 0 Å². The second-order valence-corrected chi connectivity index (χ2v) is 3.40. The van der Waals surface area contributed by atoms with E-state index in [2.05, 4.69) is 11.1 Å². The fourth-order valence-electron chi connectivity index (χ4n) is 1.47. The van der Waals surface area contributed by atoms with Crippen molar-refractivity contribution in [2.24, 2.45) is 0 Å². The molecule has 0 aliphatic heterocycles. The van der Waals surface area contributed by atoms with Crippen LogP contribution in [0.15, 0.2) is 42.7 Å². The van der Waals surface area contributed by atoms with Crippen LogP contribution in [0.5, 0.6) is 0 Å². The number of aryl methyl sites for hydroxylation is 1. The van der Waals surface area contributed by atoms with Crippen LogP contribution < -0.4 is 0 Å². The van der Waals surface area contributed by atoms with Crippen LogP contribution in [0.2, 0.25) is 0 Å².